The third-order valence-corrected chi connectivity index (χ3v) is 6.17. The van der Waals surface area contributed by atoms with Crippen molar-refractivity contribution in [3.63, 3.8) is 0 Å². The summed E-state index contributed by atoms with van der Waals surface area (Å²) in [6, 6.07) is 14.2. The van der Waals surface area contributed by atoms with E-state index in [0.717, 1.165) is 57.4 Å². The Morgan fingerprint density at radius 1 is 1.07 bits per heavy atom. The van der Waals surface area contributed by atoms with Gasteiger partial charge in [-0.05, 0) is 63.4 Å². The van der Waals surface area contributed by atoms with E-state index in [1.165, 1.54) is 11.1 Å². The Hall–Kier alpha value is -1.55. The number of rotatable bonds is 7. The lowest BCUT2D eigenvalue weighted by Gasteiger charge is -2.31. The van der Waals surface area contributed by atoms with Crippen molar-refractivity contribution in [1.82, 2.24) is 10.2 Å². The first kappa shape index (κ1) is 21.2. The number of hydrogen-bond donors (Lipinski definition) is 1. The summed E-state index contributed by atoms with van der Waals surface area (Å²) in [5, 5.41) is 4.54. The molecule has 0 bridgehead atoms. The van der Waals surface area contributed by atoms with Crippen LogP contribution in [0, 0.1) is 12.8 Å². The lowest BCUT2D eigenvalue weighted by atomic mass is 9.95. The van der Waals surface area contributed by atoms with Gasteiger partial charge in [0.15, 0.2) is 0 Å². The zero-order valence-corrected chi connectivity index (χ0v) is 17.9. The number of halogens is 2. The van der Waals surface area contributed by atoms with Crippen LogP contribution in [0.4, 0.5) is 0 Å². The van der Waals surface area contributed by atoms with Crippen LogP contribution in [0.3, 0.4) is 0 Å². The first-order valence-corrected chi connectivity index (χ1v) is 10.8. The molecule has 0 aromatic heterocycles. The van der Waals surface area contributed by atoms with Crippen molar-refractivity contribution in [3.8, 4) is 0 Å². The van der Waals surface area contributed by atoms with Crippen molar-refractivity contribution in [3.05, 3.63) is 69.2 Å². The number of amides is 1. The van der Waals surface area contributed by atoms with Gasteiger partial charge in [0, 0.05) is 34.6 Å². The van der Waals surface area contributed by atoms with E-state index < -0.39 is 0 Å². The van der Waals surface area contributed by atoms with Gasteiger partial charge in [0.05, 0.1) is 0 Å². The summed E-state index contributed by atoms with van der Waals surface area (Å²) in [5.41, 5.74) is 3.58. The molecular formula is C23H28Cl2N2O. The van der Waals surface area contributed by atoms with E-state index in [4.69, 9.17) is 23.2 Å². The van der Waals surface area contributed by atoms with Gasteiger partial charge in [0.1, 0.15) is 0 Å². The van der Waals surface area contributed by atoms with E-state index in [1.54, 1.807) is 0 Å². The molecule has 0 atom stereocenters. The number of carbonyl (C=O) groups excluding carboxylic acids is 1. The maximum Gasteiger partial charge on any atom is 0.223 e. The van der Waals surface area contributed by atoms with Crippen molar-refractivity contribution in [2.75, 3.05) is 19.6 Å². The predicted octanol–water partition coefficient (Wildman–Crippen LogP) is 5.26. The smallest absolute Gasteiger partial charge is 0.223 e. The molecule has 2 aromatic carbocycles. The van der Waals surface area contributed by atoms with Gasteiger partial charge < -0.3 is 5.32 Å². The molecular weight excluding hydrogens is 391 g/mol. The number of likely N-dealkylation sites (tertiary alicyclic amines) is 1. The Labute approximate surface area is 178 Å². The van der Waals surface area contributed by atoms with Crippen LogP contribution < -0.4 is 5.32 Å². The van der Waals surface area contributed by atoms with E-state index in [0.29, 0.717) is 10.0 Å². The Morgan fingerprint density at radius 3 is 2.36 bits per heavy atom. The van der Waals surface area contributed by atoms with Crippen molar-refractivity contribution in [1.29, 1.82) is 0 Å². The van der Waals surface area contributed by atoms with Gasteiger partial charge in [-0.2, -0.15) is 0 Å². The Bertz CT molecular complexity index is 763. The molecule has 5 heteroatoms. The molecule has 2 aromatic rings. The maximum atomic E-state index is 12.5. The van der Waals surface area contributed by atoms with Crippen molar-refractivity contribution < 1.29 is 4.79 Å². The Morgan fingerprint density at radius 2 is 1.71 bits per heavy atom. The van der Waals surface area contributed by atoms with Gasteiger partial charge in [-0.25, -0.2) is 0 Å². The molecule has 3 rings (SSSR count). The topological polar surface area (TPSA) is 32.3 Å². The molecule has 0 saturated carbocycles. The molecule has 1 aliphatic rings. The largest absolute Gasteiger partial charge is 0.356 e. The number of piperidine rings is 1. The summed E-state index contributed by atoms with van der Waals surface area (Å²) in [6.07, 6.45) is 3.73. The lowest BCUT2D eigenvalue weighted by molar-refractivity contribution is -0.126. The van der Waals surface area contributed by atoms with Crippen LogP contribution >= 0.6 is 23.2 Å². The number of nitrogens with one attached hydrogen (secondary N) is 1. The van der Waals surface area contributed by atoms with Crippen LogP contribution in [0.25, 0.3) is 0 Å². The average Bonchev–Trinajstić information content (AvgIpc) is 2.70. The monoisotopic (exact) mass is 418 g/mol. The van der Waals surface area contributed by atoms with Crippen LogP contribution in [0.1, 0.15) is 36.0 Å². The number of aryl methyl sites for hydroxylation is 2. The summed E-state index contributed by atoms with van der Waals surface area (Å²) < 4.78 is 0. The van der Waals surface area contributed by atoms with Gasteiger partial charge >= 0.3 is 0 Å². The number of benzene rings is 2. The van der Waals surface area contributed by atoms with Gasteiger partial charge in [-0.1, -0.05) is 59.1 Å². The molecule has 1 N–H and O–H groups in total. The van der Waals surface area contributed by atoms with E-state index in [9.17, 15) is 4.79 Å². The first-order chi connectivity index (χ1) is 13.5. The second-order valence-electron chi connectivity index (χ2n) is 7.63. The van der Waals surface area contributed by atoms with Crippen LogP contribution in [0.5, 0.6) is 0 Å². The highest BCUT2D eigenvalue weighted by Crippen LogP contribution is 2.27. The summed E-state index contributed by atoms with van der Waals surface area (Å²) in [4.78, 5) is 14.8. The molecule has 0 unspecified atom stereocenters. The molecule has 3 nitrogen and oxygen atoms in total. The maximum absolute atomic E-state index is 12.5. The minimum atomic E-state index is 0.109. The third-order valence-electron chi connectivity index (χ3n) is 5.46. The van der Waals surface area contributed by atoms with E-state index >= 15 is 0 Å². The summed E-state index contributed by atoms with van der Waals surface area (Å²) in [5.74, 6) is 0.302. The quantitative estimate of drug-likeness (QED) is 0.621. The van der Waals surface area contributed by atoms with E-state index in [-0.39, 0.29) is 11.8 Å². The minimum Gasteiger partial charge on any atom is -0.356 e. The number of nitrogens with zero attached hydrogens (tertiary/aromatic N) is 1. The standard InChI is InChI=1S/C23H28Cl2N2O/c1-17-7-9-18(10-8-17)4-3-13-26-23(28)19-11-14-27(15-12-19)16-20-21(24)5-2-6-22(20)25/h2,5-10,19H,3-4,11-16H2,1H3,(H,26,28). The fourth-order valence-corrected chi connectivity index (χ4v) is 4.18. The van der Waals surface area contributed by atoms with E-state index in [1.807, 2.05) is 18.2 Å². The van der Waals surface area contributed by atoms with Crippen LogP contribution in [-0.2, 0) is 17.8 Å². The van der Waals surface area contributed by atoms with Crippen molar-refractivity contribution in [2.24, 2.45) is 5.92 Å². The fraction of sp³-hybridized carbons (Fsp3) is 0.435. The molecule has 1 fully saturated rings. The van der Waals surface area contributed by atoms with Gasteiger partial charge in [-0.15, -0.1) is 0 Å². The minimum absolute atomic E-state index is 0.109. The summed E-state index contributed by atoms with van der Waals surface area (Å²) in [7, 11) is 0. The molecule has 1 amide bonds. The first-order valence-electron chi connectivity index (χ1n) is 10.0. The third kappa shape index (κ3) is 5.97. The second-order valence-corrected chi connectivity index (χ2v) is 8.45. The average molecular weight is 419 g/mol. The summed E-state index contributed by atoms with van der Waals surface area (Å²) >= 11 is 12.6. The van der Waals surface area contributed by atoms with E-state index in [2.05, 4.69) is 41.4 Å². The Kier molecular flexibility index (Phi) is 7.78. The van der Waals surface area contributed by atoms with Gasteiger partial charge in [0.25, 0.3) is 0 Å². The van der Waals surface area contributed by atoms with Crippen molar-refractivity contribution >= 4 is 29.1 Å². The predicted molar refractivity (Wildman–Crippen MR) is 117 cm³/mol. The highest BCUT2D eigenvalue weighted by atomic mass is 35.5. The fourth-order valence-electron chi connectivity index (χ4n) is 3.66. The molecule has 0 radical (unpaired) electrons. The SMILES string of the molecule is Cc1ccc(CCCNC(=O)C2CCN(Cc3c(Cl)cccc3Cl)CC2)cc1. The number of carbonyl (C=O) groups is 1. The molecule has 1 saturated heterocycles. The molecule has 28 heavy (non-hydrogen) atoms. The molecule has 150 valence electrons. The highest BCUT2D eigenvalue weighted by molar-refractivity contribution is 6.35. The summed E-state index contributed by atoms with van der Waals surface area (Å²) in [6.45, 7) is 5.36. The molecule has 0 aliphatic carbocycles. The zero-order valence-electron chi connectivity index (χ0n) is 16.4. The number of hydrogen-bond acceptors (Lipinski definition) is 2. The zero-order chi connectivity index (χ0) is 19.9. The highest BCUT2D eigenvalue weighted by Gasteiger charge is 2.25. The second kappa shape index (κ2) is 10.3. The Balaban J connectivity index is 1.37. The van der Waals surface area contributed by atoms with Crippen LogP contribution in [-0.4, -0.2) is 30.4 Å². The van der Waals surface area contributed by atoms with Gasteiger partial charge in [-0.3, -0.25) is 9.69 Å². The molecule has 1 aliphatic heterocycles. The van der Waals surface area contributed by atoms with Crippen LogP contribution in [0.15, 0.2) is 42.5 Å². The molecule has 1 heterocycles. The lowest BCUT2D eigenvalue weighted by Crippen LogP contribution is -2.40. The molecule has 0 spiro atoms. The normalized spacial score (nSPS) is 15.5. The van der Waals surface area contributed by atoms with Crippen molar-refractivity contribution in [2.45, 2.75) is 39.2 Å². The van der Waals surface area contributed by atoms with Gasteiger partial charge in [0.2, 0.25) is 5.91 Å². The van der Waals surface area contributed by atoms with Crippen LogP contribution in [0.2, 0.25) is 10.0 Å².